The summed E-state index contributed by atoms with van der Waals surface area (Å²) >= 11 is 0. The molecule has 1 aliphatic heterocycles. The van der Waals surface area contributed by atoms with Gasteiger partial charge >= 0.3 is 6.03 Å². The third-order valence-electron chi connectivity index (χ3n) is 2.55. The van der Waals surface area contributed by atoms with Crippen LogP contribution in [0.15, 0.2) is 24.3 Å². The first-order chi connectivity index (χ1) is 7.65. The lowest BCUT2D eigenvalue weighted by Crippen LogP contribution is -2.33. The van der Waals surface area contributed by atoms with E-state index in [1.165, 1.54) is 29.2 Å². The van der Waals surface area contributed by atoms with E-state index >= 15 is 0 Å². The van der Waals surface area contributed by atoms with Gasteiger partial charge < -0.3 is 15.3 Å². The molecule has 5 heteroatoms. The Morgan fingerprint density at radius 1 is 1.44 bits per heavy atom. The second-order valence-electron chi connectivity index (χ2n) is 3.83. The van der Waals surface area contributed by atoms with Crippen LogP contribution in [-0.4, -0.2) is 35.2 Å². The Bertz CT molecular complexity index is 380. The van der Waals surface area contributed by atoms with Crippen molar-refractivity contribution < 1.29 is 14.3 Å². The molecule has 2 rings (SSSR count). The molecule has 1 fully saturated rings. The average Bonchev–Trinajstić information content (AvgIpc) is 2.68. The molecule has 2 amide bonds. The maximum absolute atomic E-state index is 12.6. The Labute approximate surface area is 92.7 Å². The standard InChI is InChI=1S/C11H13FN2O2/c12-8-1-3-9(4-2-8)13-11(16)14-6-5-10(15)7-14/h1-4,10,15H,5-7H2,(H,13,16)/t10-/m0/s1. The van der Waals surface area contributed by atoms with E-state index in [0.29, 0.717) is 25.2 Å². The number of rotatable bonds is 1. The molecule has 0 radical (unpaired) electrons. The van der Waals surface area contributed by atoms with Crippen molar-refractivity contribution in [3.8, 4) is 0 Å². The molecule has 0 aromatic heterocycles. The normalized spacial score (nSPS) is 19.9. The molecule has 1 aliphatic rings. The van der Waals surface area contributed by atoms with Crippen LogP contribution in [0.4, 0.5) is 14.9 Å². The van der Waals surface area contributed by atoms with Crippen LogP contribution in [0.25, 0.3) is 0 Å². The summed E-state index contributed by atoms with van der Waals surface area (Å²) in [6, 6.07) is 5.31. The van der Waals surface area contributed by atoms with Crippen LogP contribution in [0.5, 0.6) is 0 Å². The highest BCUT2D eigenvalue weighted by atomic mass is 19.1. The number of anilines is 1. The average molecular weight is 224 g/mol. The van der Waals surface area contributed by atoms with Crippen molar-refractivity contribution in [3.05, 3.63) is 30.1 Å². The molecule has 1 aromatic carbocycles. The number of carbonyl (C=O) groups excluding carboxylic acids is 1. The number of benzene rings is 1. The molecule has 0 saturated carbocycles. The van der Waals surface area contributed by atoms with E-state index in [4.69, 9.17) is 0 Å². The molecular formula is C11H13FN2O2. The third kappa shape index (κ3) is 2.49. The highest BCUT2D eigenvalue weighted by Gasteiger charge is 2.24. The number of amides is 2. The van der Waals surface area contributed by atoms with Crippen molar-refractivity contribution in [1.29, 1.82) is 0 Å². The van der Waals surface area contributed by atoms with Gasteiger partial charge in [-0.15, -0.1) is 0 Å². The molecule has 1 heterocycles. The van der Waals surface area contributed by atoms with Gasteiger partial charge in [0.15, 0.2) is 0 Å². The monoisotopic (exact) mass is 224 g/mol. The summed E-state index contributed by atoms with van der Waals surface area (Å²) in [5, 5.41) is 11.9. The van der Waals surface area contributed by atoms with Crippen molar-refractivity contribution in [3.63, 3.8) is 0 Å². The molecule has 0 unspecified atom stereocenters. The number of halogens is 1. The molecule has 16 heavy (non-hydrogen) atoms. The first-order valence-corrected chi connectivity index (χ1v) is 5.15. The maximum atomic E-state index is 12.6. The minimum absolute atomic E-state index is 0.261. The summed E-state index contributed by atoms with van der Waals surface area (Å²) in [5.74, 6) is -0.338. The Balaban J connectivity index is 1.94. The zero-order valence-corrected chi connectivity index (χ0v) is 8.69. The van der Waals surface area contributed by atoms with Crippen LogP contribution in [0, 0.1) is 5.82 Å². The fraction of sp³-hybridized carbons (Fsp3) is 0.364. The van der Waals surface area contributed by atoms with Crippen LogP contribution in [0.3, 0.4) is 0 Å². The number of β-amino-alcohol motifs (C(OH)–C–C–N with tert-alkyl or cyclic N) is 1. The zero-order valence-electron chi connectivity index (χ0n) is 8.69. The summed E-state index contributed by atoms with van der Waals surface area (Å²) in [7, 11) is 0. The summed E-state index contributed by atoms with van der Waals surface area (Å²) in [4.78, 5) is 13.2. The smallest absolute Gasteiger partial charge is 0.321 e. The van der Waals surface area contributed by atoms with Crippen molar-refractivity contribution in [2.75, 3.05) is 18.4 Å². The predicted molar refractivity (Wildman–Crippen MR) is 57.6 cm³/mol. The summed E-state index contributed by atoms with van der Waals surface area (Å²) in [6.07, 6.45) is 0.176. The molecule has 4 nitrogen and oxygen atoms in total. The zero-order chi connectivity index (χ0) is 11.5. The molecule has 1 saturated heterocycles. The van der Waals surface area contributed by atoms with E-state index in [-0.39, 0.29) is 11.8 Å². The van der Waals surface area contributed by atoms with E-state index in [0.717, 1.165) is 0 Å². The highest BCUT2D eigenvalue weighted by Crippen LogP contribution is 2.13. The van der Waals surface area contributed by atoms with Gasteiger partial charge in [0, 0.05) is 18.8 Å². The lowest BCUT2D eigenvalue weighted by Gasteiger charge is -2.16. The van der Waals surface area contributed by atoms with Gasteiger partial charge in [-0.25, -0.2) is 9.18 Å². The van der Waals surface area contributed by atoms with Gasteiger partial charge in [-0.3, -0.25) is 0 Å². The number of likely N-dealkylation sites (tertiary alicyclic amines) is 1. The van der Waals surface area contributed by atoms with E-state index in [2.05, 4.69) is 5.32 Å². The molecule has 1 atom stereocenters. The van der Waals surface area contributed by atoms with E-state index in [1.807, 2.05) is 0 Å². The minimum atomic E-state index is -0.432. The van der Waals surface area contributed by atoms with Crippen molar-refractivity contribution in [1.82, 2.24) is 4.90 Å². The number of nitrogens with zero attached hydrogens (tertiary/aromatic N) is 1. The lowest BCUT2D eigenvalue weighted by molar-refractivity contribution is 0.176. The molecule has 0 bridgehead atoms. The Morgan fingerprint density at radius 3 is 2.69 bits per heavy atom. The quantitative estimate of drug-likeness (QED) is 0.758. The number of hydrogen-bond donors (Lipinski definition) is 2. The molecular weight excluding hydrogens is 211 g/mol. The number of aliphatic hydroxyl groups is 1. The third-order valence-corrected chi connectivity index (χ3v) is 2.55. The molecule has 0 aliphatic carbocycles. The van der Waals surface area contributed by atoms with Gasteiger partial charge in [-0.05, 0) is 30.7 Å². The van der Waals surface area contributed by atoms with Crippen molar-refractivity contribution in [2.45, 2.75) is 12.5 Å². The van der Waals surface area contributed by atoms with Gasteiger partial charge in [0.2, 0.25) is 0 Å². The molecule has 0 spiro atoms. The number of urea groups is 1. The number of aliphatic hydroxyl groups excluding tert-OH is 1. The maximum Gasteiger partial charge on any atom is 0.321 e. The predicted octanol–water partition coefficient (Wildman–Crippen LogP) is 1.42. The van der Waals surface area contributed by atoms with E-state index < -0.39 is 6.10 Å². The van der Waals surface area contributed by atoms with Gasteiger partial charge in [0.1, 0.15) is 5.82 Å². The van der Waals surface area contributed by atoms with E-state index in [1.54, 1.807) is 0 Å². The second-order valence-corrected chi connectivity index (χ2v) is 3.83. The summed E-state index contributed by atoms with van der Waals surface area (Å²) < 4.78 is 12.6. The molecule has 86 valence electrons. The second kappa shape index (κ2) is 4.49. The van der Waals surface area contributed by atoms with Crippen LogP contribution >= 0.6 is 0 Å². The number of carbonyl (C=O) groups is 1. The van der Waals surface area contributed by atoms with Gasteiger partial charge in [-0.1, -0.05) is 0 Å². The topological polar surface area (TPSA) is 52.6 Å². The number of nitrogens with one attached hydrogen (secondary N) is 1. The molecule has 2 N–H and O–H groups in total. The van der Waals surface area contributed by atoms with Gasteiger partial charge in [0.25, 0.3) is 0 Å². The number of hydrogen-bond acceptors (Lipinski definition) is 2. The first-order valence-electron chi connectivity index (χ1n) is 5.15. The Kier molecular flexibility index (Phi) is 3.05. The van der Waals surface area contributed by atoms with Crippen molar-refractivity contribution in [2.24, 2.45) is 0 Å². The molecule has 1 aromatic rings. The highest BCUT2D eigenvalue weighted by molar-refractivity contribution is 5.89. The minimum Gasteiger partial charge on any atom is -0.391 e. The largest absolute Gasteiger partial charge is 0.391 e. The van der Waals surface area contributed by atoms with Gasteiger partial charge in [0.05, 0.1) is 6.10 Å². The van der Waals surface area contributed by atoms with Crippen LogP contribution < -0.4 is 5.32 Å². The first kappa shape index (κ1) is 10.9. The SMILES string of the molecule is O=C(Nc1ccc(F)cc1)N1CC[C@H](O)C1. The van der Waals surface area contributed by atoms with Crippen LogP contribution in [0.2, 0.25) is 0 Å². The fourth-order valence-corrected chi connectivity index (χ4v) is 1.66. The van der Waals surface area contributed by atoms with Crippen molar-refractivity contribution >= 4 is 11.7 Å². The Morgan fingerprint density at radius 2 is 2.12 bits per heavy atom. The van der Waals surface area contributed by atoms with Crippen LogP contribution in [-0.2, 0) is 0 Å². The van der Waals surface area contributed by atoms with E-state index in [9.17, 15) is 14.3 Å². The summed E-state index contributed by atoms with van der Waals surface area (Å²) in [5.41, 5.74) is 0.549. The Hall–Kier alpha value is -1.62. The summed E-state index contributed by atoms with van der Waals surface area (Å²) in [6.45, 7) is 0.904. The van der Waals surface area contributed by atoms with Crippen LogP contribution in [0.1, 0.15) is 6.42 Å². The van der Waals surface area contributed by atoms with Gasteiger partial charge in [-0.2, -0.15) is 0 Å². The fourth-order valence-electron chi connectivity index (χ4n) is 1.66. The lowest BCUT2D eigenvalue weighted by atomic mass is 10.3.